The summed E-state index contributed by atoms with van der Waals surface area (Å²) in [5.74, 6) is -3.79. The Kier molecular flexibility index (Phi) is 5.56. The average molecular weight is 211 g/mol. The van der Waals surface area contributed by atoms with Crippen molar-refractivity contribution in [2.75, 3.05) is 19.7 Å². The molecule has 0 aromatic rings. The van der Waals surface area contributed by atoms with Crippen LogP contribution in [0.15, 0.2) is 0 Å². The minimum atomic E-state index is -3.20. The number of hydrogen-bond acceptors (Lipinski definition) is 4. The Morgan fingerprint density at radius 1 is 1.57 bits per heavy atom. The van der Waals surface area contributed by atoms with Gasteiger partial charge in [-0.1, -0.05) is 0 Å². The highest BCUT2D eigenvalue weighted by Crippen LogP contribution is 2.09. The monoisotopic (exact) mass is 211 g/mol. The number of carbonyl (C=O) groups excluding carboxylic acids is 1. The number of carbonyl (C=O) groups is 1. The molecular formula is C8H15F2NO3. The predicted molar refractivity (Wildman–Crippen MR) is 46.1 cm³/mol. The van der Waals surface area contributed by atoms with Crippen LogP contribution in [0.1, 0.15) is 13.8 Å². The Labute approximate surface area is 81.2 Å². The van der Waals surface area contributed by atoms with Crippen molar-refractivity contribution in [2.24, 2.45) is 0 Å². The molecule has 2 N–H and O–H groups in total. The van der Waals surface area contributed by atoms with Crippen molar-refractivity contribution in [1.29, 1.82) is 0 Å². The molecule has 0 aromatic heterocycles. The van der Waals surface area contributed by atoms with Crippen LogP contribution in [-0.4, -0.2) is 42.8 Å². The van der Waals surface area contributed by atoms with E-state index < -0.39 is 25.0 Å². The topological polar surface area (TPSA) is 58.6 Å². The first-order valence-electron chi connectivity index (χ1n) is 4.26. The third kappa shape index (κ3) is 6.73. The van der Waals surface area contributed by atoms with Gasteiger partial charge in [-0.25, -0.2) is 8.78 Å². The maximum absolute atomic E-state index is 12.4. The largest absolute Gasteiger partial charge is 0.462 e. The highest BCUT2D eigenvalue weighted by atomic mass is 19.3. The SMILES string of the molecule is CC(C)OC(=O)CNCC(F)(F)CO. The van der Waals surface area contributed by atoms with Crippen LogP contribution in [-0.2, 0) is 9.53 Å². The highest BCUT2D eigenvalue weighted by molar-refractivity contribution is 5.71. The second kappa shape index (κ2) is 5.87. The van der Waals surface area contributed by atoms with Crippen LogP contribution < -0.4 is 5.32 Å². The molecule has 0 radical (unpaired) electrons. The zero-order chi connectivity index (χ0) is 11.2. The molecule has 0 unspecified atom stereocenters. The van der Waals surface area contributed by atoms with Crippen molar-refractivity contribution in [3.05, 3.63) is 0 Å². The highest BCUT2D eigenvalue weighted by Gasteiger charge is 2.27. The maximum Gasteiger partial charge on any atom is 0.320 e. The van der Waals surface area contributed by atoms with Gasteiger partial charge in [-0.05, 0) is 13.8 Å². The van der Waals surface area contributed by atoms with E-state index in [1.54, 1.807) is 13.8 Å². The summed E-state index contributed by atoms with van der Waals surface area (Å²) in [5, 5.41) is 10.4. The van der Waals surface area contributed by atoms with Gasteiger partial charge in [-0.3, -0.25) is 4.79 Å². The minimum absolute atomic E-state index is 0.261. The number of ether oxygens (including phenoxy) is 1. The number of halogens is 2. The van der Waals surface area contributed by atoms with Gasteiger partial charge in [0.05, 0.1) is 19.2 Å². The van der Waals surface area contributed by atoms with Gasteiger partial charge >= 0.3 is 5.97 Å². The fraction of sp³-hybridized carbons (Fsp3) is 0.875. The molecule has 0 amide bonds. The van der Waals surface area contributed by atoms with Gasteiger partial charge < -0.3 is 15.2 Å². The van der Waals surface area contributed by atoms with Gasteiger partial charge in [0, 0.05) is 0 Å². The number of rotatable bonds is 6. The lowest BCUT2D eigenvalue weighted by Gasteiger charge is -2.14. The molecule has 0 aliphatic heterocycles. The first-order valence-corrected chi connectivity index (χ1v) is 4.26. The standard InChI is InChI=1S/C8H15F2NO3/c1-6(2)14-7(13)3-11-4-8(9,10)5-12/h6,11-12H,3-5H2,1-2H3. The first-order chi connectivity index (χ1) is 6.37. The van der Waals surface area contributed by atoms with Crippen LogP contribution in [0.3, 0.4) is 0 Å². The van der Waals surface area contributed by atoms with Crippen molar-refractivity contribution in [1.82, 2.24) is 5.32 Å². The number of alkyl halides is 2. The van der Waals surface area contributed by atoms with E-state index in [0.29, 0.717) is 0 Å². The molecule has 0 fully saturated rings. The Bertz CT molecular complexity index is 185. The third-order valence-corrected chi connectivity index (χ3v) is 1.25. The Hall–Kier alpha value is -0.750. The predicted octanol–water partition coefficient (Wildman–Crippen LogP) is 0.155. The summed E-state index contributed by atoms with van der Waals surface area (Å²) >= 11 is 0. The van der Waals surface area contributed by atoms with E-state index in [4.69, 9.17) is 5.11 Å². The molecular weight excluding hydrogens is 196 g/mol. The Balaban J connectivity index is 3.59. The fourth-order valence-electron chi connectivity index (χ4n) is 0.708. The van der Waals surface area contributed by atoms with Crippen molar-refractivity contribution in [2.45, 2.75) is 25.9 Å². The molecule has 0 saturated carbocycles. The van der Waals surface area contributed by atoms with E-state index in [1.165, 1.54) is 0 Å². The normalized spacial score (nSPS) is 11.9. The summed E-state index contributed by atoms with van der Waals surface area (Å²) in [6.07, 6.45) is -0.261. The quantitative estimate of drug-likeness (QED) is 0.614. The fourth-order valence-corrected chi connectivity index (χ4v) is 0.708. The van der Waals surface area contributed by atoms with E-state index in [9.17, 15) is 13.6 Å². The zero-order valence-corrected chi connectivity index (χ0v) is 8.22. The second-order valence-corrected chi connectivity index (χ2v) is 3.16. The van der Waals surface area contributed by atoms with Crippen molar-refractivity contribution in [3.8, 4) is 0 Å². The van der Waals surface area contributed by atoms with Gasteiger partial charge in [0.2, 0.25) is 0 Å². The van der Waals surface area contributed by atoms with Gasteiger partial charge in [0.25, 0.3) is 5.92 Å². The van der Waals surface area contributed by atoms with Crippen molar-refractivity contribution in [3.63, 3.8) is 0 Å². The van der Waals surface area contributed by atoms with Crippen LogP contribution in [0.2, 0.25) is 0 Å². The average Bonchev–Trinajstić information content (AvgIpc) is 2.02. The first kappa shape index (κ1) is 13.2. The molecule has 0 saturated heterocycles. The lowest BCUT2D eigenvalue weighted by atomic mass is 10.3. The lowest BCUT2D eigenvalue weighted by Crippen LogP contribution is -2.38. The third-order valence-electron chi connectivity index (χ3n) is 1.25. The summed E-state index contributed by atoms with van der Waals surface area (Å²) in [7, 11) is 0. The molecule has 0 spiro atoms. The molecule has 4 nitrogen and oxygen atoms in total. The van der Waals surface area contributed by atoms with Crippen LogP contribution in [0, 0.1) is 0 Å². The van der Waals surface area contributed by atoms with Crippen molar-refractivity contribution < 1.29 is 23.4 Å². The smallest absolute Gasteiger partial charge is 0.320 e. The lowest BCUT2D eigenvalue weighted by molar-refractivity contribution is -0.146. The zero-order valence-electron chi connectivity index (χ0n) is 8.22. The molecule has 6 heteroatoms. The number of hydrogen-bond donors (Lipinski definition) is 2. The summed E-state index contributed by atoms with van der Waals surface area (Å²) in [6, 6.07) is 0. The number of nitrogens with one attached hydrogen (secondary N) is 1. The summed E-state index contributed by atoms with van der Waals surface area (Å²) < 4.78 is 29.5. The van der Waals surface area contributed by atoms with Crippen LogP contribution in [0.25, 0.3) is 0 Å². The molecule has 0 bridgehead atoms. The maximum atomic E-state index is 12.4. The van der Waals surface area contributed by atoms with Gasteiger partial charge in [-0.15, -0.1) is 0 Å². The molecule has 0 aliphatic carbocycles. The number of aliphatic hydroxyl groups excluding tert-OH is 1. The summed E-state index contributed by atoms with van der Waals surface area (Å²) in [4.78, 5) is 10.8. The van der Waals surface area contributed by atoms with E-state index in [1.807, 2.05) is 0 Å². The Morgan fingerprint density at radius 2 is 2.14 bits per heavy atom. The molecule has 0 heterocycles. The minimum Gasteiger partial charge on any atom is -0.462 e. The molecule has 84 valence electrons. The van der Waals surface area contributed by atoms with Crippen LogP contribution in [0.4, 0.5) is 8.78 Å². The number of esters is 1. The molecule has 0 aromatic carbocycles. The summed E-state index contributed by atoms with van der Waals surface area (Å²) in [6.45, 7) is 1.07. The summed E-state index contributed by atoms with van der Waals surface area (Å²) in [5.41, 5.74) is 0. The Morgan fingerprint density at radius 3 is 2.57 bits per heavy atom. The number of aliphatic hydroxyl groups is 1. The van der Waals surface area contributed by atoms with Crippen LogP contribution in [0.5, 0.6) is 0 Å². The van der Waals surface area contributed by atoms with E-state index in [2.05, 4.69) is 10.1 Å². The molecule has 14 heavy (non-hydrogen) atoms. The van der Waals surface area contributed by atoms with Gasteiger partial charge in [0.1, 0.15) is 6.61 Å². The molecule has 0 aliphatic rings. The molecule has 0 rings (SSSR count). The van der Waals surface area contributed by atoms with E-state index in [-0.39, 0.29) is 12.6 Å². The van der Waals surface area contributed by atoms with Gasteiger partial charge in [-0.2, -0.15) is 0 Å². The van der Waals surface area contributed by atoms with Gasteiger partial charge in [0.15, 0.2) is 0 Å². The van der Waals surface area contributed by atoms with E-state index >= 15 is 0 Å². The second-order valence-electron chi connectivity index (χ2n) is 3.16. The van der Waals surface area contributed by atoms with E-state index in [0.717, 1.165) is 0 Å². The molecule has 0 atom stereocenters. The van der Waals surface area contributed by atoms with Crippen molar-refractivity contribution >= 4 is 5.97 Å². The van der Waals surface area contributed by atoms with Crippen LogP contribution >= 0.6 is 0 Å².